The van der Waals surface area contributed by atoms with Gasteiger partial charge < -0.3 is 14.4 Å². The molecule has 184 valence electrons. The predicted molar refractivity (Wildman–Crippen MR) is 139 cm³/mol. The minimum Gasteiger partial charge on any atom is -0.489 e. The molecule has 0 spiro atoms. The second-order valence-electron chi connectivity index (χ2n) is 8.53. The highest BCUT2D eigenvalue weighted by Gasteiger charge is 2.36. The molecule has 1 N–H and O–H groups in total. The number of thioether (sulfide) groups is 1. The van der Waals surface area contributed by atoms with Gasteiger partial charge in [-0.25, -0.2) is 0 Å². The Kier molecular flexibility index (Phi) is 6.97. The van der Waals surface area contributed by atoms with E-state index in [4.69, 9.17) is 14.9 Å². The molecule has 0 bridgehead atoms. The van der Waals surface area contributed by atoms with Crippen LogP contribution in [-0.4, -0.2) is 64.1 Å². The monoisotopic (exact) mass is 503 g/mol. The maximum Gasteiger partial charge on any atom is 0.283 e. The van der Waals surface area contributed by atoms with Crippen molar-refractivity contribution in [3.63, 3.8) is 0 Å². The molecule has 3 aliphatic heterocycles. The normalized spacial score (nSPS) is 18.8. The van der Waals surface area contributed by atoms with Gasteiger partial charge in [0, 0.05) is 13.1 Å². The van der Waals surface area contributed by atoms with E-state index in [9.17, 15) is 9.59 Å². The molecule has 0 unspecified atom stereocenters. The van der Waals surface area contributed by atoms with Crippen LogP contribution in [0.3, 0.4) is 0 Å². The number of amidine groups is 2. The summed E-state index contributed by atoms with van der Waals surface area (Å²) in [4.78, 5) is 31.1. The molecule has 0 aromatic heterocycles. The highest BCUT2D eigenvalue weighted by Crippen LogP contribution is 2.30. The number of nitrogens with one attached hydrogen (secondary N) is 1. The van der Waals surface area contributed by atoms with Gasteiger partial charge in [-0.3, -0.25) is 15.0 Å². The fraction of sp³-hybridized carbons (Fsp3) is 0.269. The van der Waals surface area contributed by atoms with E-state index < -0.39 is 5.91 Å². The highest BCUT2D eigenvalue weighted by molar-refractivity contribution is 8.27. The minimum absolute atomic E-state index is 0.0525. The van der Waals surface area contributed by atoms with Crippen molar-refractivity contribution >= 4 is 45.7 Å². The molecule has 36 heavy (non-hydrogen) atoms. The Morgan fingerprint density at radius 2 is 1.86 bits per heavy atom. The summed E-state index contributed by atoms with van der Waals surface area (Å²) in [6.07, 6.45) is 1.72. The summed E-state index contributed by atoms with van der Waals surface area (Å²) >= 11 is 1.15. The third-order valence-electron chi connectivity index (χ3n) is 5.88. The Morgan fingerprint density at radius 3 is 2.58 bits per heavy atom. The maximum absolute atomic E-state index is 12.7. The number of aliphatic imine (C=N–C) groups is 1. The molecule has 1 saturated heterocycles. The van der Waals surface area contributed by atoms with Crippen LogP contribution in [0, 0.1) is 12.3 Å². The number of hydrogen-bond acceptors (Lipinski definition) is 7. The van der Waals surface area contributed by atoms with E-state index in [-0.39, 0.29) is 23.7 Å². The lowest BCUT2D eigenvalue weighted by atomic mass is 10.1. The number of fused-ring (bicyclic) bond motifs is 1. The van der Waals surface area contributed by atoms with Gasteiger partial charge >= 0.3 is 0 Å². The zero-order valence-electron chi connectivity index (χ0n) is 19.8. The first-order valence-corrected chi connectivity index (χ1v) is 12.4. The second-order valence-corrected chi connectivity index (χ2v) is 9.57. The summed E-state index contributed by atoms with van der Waals surface area (Å²) in [5.74, 6) is 0.0851. The van der Waals surface area contributed by atoms with Gasteiger partial charge in [-0.05, 0) is 48.0 Å². The number of ether oxygens (including phenoxy) is 2. The molecule has 0 saturated carbocycles. The standard InChI is InChI=1S/C26H25N5O4S/c1-17-2-4-19(5-3-17)16-35-20-8-6-18(7-9-20)14-21-24(27)31-26(28-25(21)33)36-22(29-31)15-23(32)30-10-12-34-13-11-30/h2-9,14,27H,10-13,15-16H2,1H3. The van der Waals surface area contributed by atoms with Gasteiger partial charge in [0.2, 0.25) is 11.1 Å². The Balaban J connectivity index is 1.24. The third-order valence-corrected chi connectivity index (χ3v) is 6.79. The molecule has 3 aliphatic rings. The maximum atomic E-state index is 12.7. The summed E-state index contributed by atoms with van der Waals surface area (Å²) < 4.78 is 11.1. The number of nitrogens with zero attached hydrogens (tertiary/aromatic N) is 4. The first kappa shape index (κ1) is 24.0. The van der Waals surface area contributed by atoms with Gasteiger partial charge in [-0.1, -0.05) is 42.0 Å². The molecule has 0 atom stereocenters. The molecule has 0 aliphatic carbocycles. The van der Waals surface area contributed by atoms with Gasteiger partial charge in [-0.2, -0.15) is 15.1 Å². The van der Waals surface area contributed by atoms with Crippen LogP contribution in [0.5, 0.6) is 5.75 Å². The molecule has 2 aromatic carbocycles. The van der Waals surface area contributed by atoms with Crippen LogP contribution in [0.15, 0.2) is 64.2 Å². The molecular weight excluding hydrogens is 478 g/mol. The third kappa shape index (κ3) is 5.39. The fourth-order valence-corrected chi connectivity index (χ4v) is 4.71. The van der Waals surface area contributed by atoms with E-state index in [0.717, 1.165) is 22.9 Å². The number of benzene rings is 2. The first-order chi connectivity index (χ1) is 17.5. The summed E-state index contributed by atoms with van der Waals surface area (Å²) in [5.41, 5.74) is 3.16. The van der Waals surface area contributed by atoms with Crippen LogP contribution in [0.25, 0.3) is 6.08 Å². The number of hydrogen-bond donors (Lipinski definition) is 1. The van der Waals surface area contributed by atoms with Crippen LogP contribution in [0.1, 0.15) is 23.1 Å². The zero-order chi connectivity index (χ0) is 25.1. The van der Waals surface area contributed by atoms with Crippen molar-refractivity contribution in [2.45, 2.75) is 20.0 Å². The lowest BCUT2D eigenvalue weighted by molar-refractivity contribution is -0.133. The Labute approximate surface area is 213 Å². The van der Waals surface area contributed by atoms with Crippen molar-refractivity contribution in [1.82, 2.24) is 9.91 Å². The van der Waals surface area contributed by atoms with Gasteiger partial charge in [0.25, 0.3) is 5.91 Å². The first-order valence-electron chi connectivity index (χ1n) is 11.6. The fourth-order valence-electron chi connectivity index (χ4n) is 3.84. The van der Waals surface area contributed by atoms with Crippen molar-refractivity contribution in [1.29, 1.82) is 5.41 Å². The van der Waals surface area contributed by atoms with E-state index in [1.807, 2.05) is 55.5 Å². The molecule has 5 rings (SSSR count). The average Bonchev–Trinajstić information content (AvgIpc) is 3.29. The summed E-state index contributed by atoms with van der Waals surface area (Å²) in [6.45, 7) is 4.66. The van der Waals surface area contributed by atoms with Crippen molar-refractivity contribution in [3.8, 4) is 5.75 Å². The van der Waals surface area contributed by atoms with Crippen LogP contribution < -0.4 is 4.74 Å². The van der Waals surface area contributed by atoms with Crippen LogP contribution >= 0.6 is 11.8 Å². The molecule has 10 heteroatoms. The quantitative estimate of drug-likeness (QED) is 0.605. The number of aryl methyl sites for hydroxylation is 1. The second kappa shape index (κ2) is 10.5. The topological polar surface area (TPSA) is 108 Å². The Morgan fingerprint density at radius 1 is 1.14 bits per heavy atom. The molecule has 2 amide bonds. The van der Waals surface area contributed by atoms with E-state index in [1.165, 1.54) is 10.6 Å². The smallest absolute Gasteiger partial charge is 0.283 e. The van der Waals surface area contributed by atoms with Crippen molar-refractivity contribution in [2.24, 2.45) is 10.1 Å². The molecule has 0 radical (unpaired) electrons. The molecule has 3 heterocycles. The number of carbonyl (C=O) groups is 2. The van der Waals surface area contributed by atoms with Crippen LogP contribution in [-0.2, 0) is 20.9 Å². The van der Waals surface area contributed by atoms with Crippen molar-refractivity contribution in [2.75, 3.05) is 26.3 Å². The number of hydrazone groups is 1. The van der Waals surface area contributed by atoms with E-state index in [0.29, 0.717) is 48.9 Å². The predicted octanol–water partition coefficient (Wildman–Crippen LogP) is 3.44. The Bertz CT molecular complexity index is 1280. The van der Waals surface area contributed by atoms with E-state index >= 15 is 0 Å². The average molecular weight is 504 g/mol. The number of rotatable bonds is 6. The number of morpholine rings is 1. The zero-order valence-corrected chi connectivity index (χ0v) is 20.6. The largest absolute Gasteiger partial charge is 0.489 e. The van der Waals surface area contributed by atoms with Gasteiger partial charge in [-0.15, -0.1) is 0 Å². The molecule has 9 nitrogen and oxygen atoms in total. The van der Waals surface area contributed by atoms with Gasteiger partial charge in [0.05, 0.1) is 25.2 Å². The lowest BCUT2D eigenvalue weighted by Crippen LogP contribution is -2.41. The Hall–Kier alpha value is -3.76. The SMILES string of the molecule is Cc1ccc(COc2ccc(C=C3C(=N)N4N=C(CC(=O)N5CCOCC5)SC4=NC3=O)cc2)cc1. The lowest BCUT2D eigenvalue weighted by Gasteiger charge is -2.26. The van der Waals surface area contributed by atoms with Gasteiger partial charge in [0.1, 0.15) is 17.4 Å². The van der Waals surface area contributed by atoms with Crippen molar-refractivity contribution in [3.05, 3.63) is 70.8 Å². The molecule has 1 fully saturated rings. The van der Waals surface area contributed by atoms with E-state index in [2.05, 4.69) is 10.1 Å². The van der Waals surface area contributed by atoms with Crippen LogP contribution in [0.2, 0.25) is 0 Å². The number of carbonyl (C=O) groups excluding carboxylic acids is 2. The van der Waals surface area contributed by atoms with Crippen molar-refractivity contribution < 1.29 is 19.1 Å². The summed E-state index contributed by atoms with van der Waals surface area (Å²) in [6, 6.07) is 15.5. The van der Waals surface area contributed by atoms with E-state index in [1.54, 1.807) is 11.0 Å². The van der Waals surface area contributed by atoms with Crippen LogP contribution in [0.4, 0.5) is 0 Å². The molecule has 2 aromatic rings. The summed E-state index contributed by atoms with van der Waals surface area (Å²) in [5, 5.41) is 15.1. The molecular formula is C26H25N5O4S. The summed E-state index contributed by atoms with van der Waals surface area (Å²) in [7, 11) is 0. The minimum atomic E-state index is -0.505. The van der Waals surface area contributed by atoms with Gasteiger partial charge in [0.15, 0.2) is 5.84 Å². The highest BCUT2D eigenvalue weighted by atomic mass is 32.2. The number of amides is 2.